The van der Waals surface area contributed by atoms with Crippen molar-refractivity contribution in [1.82, 2.24) is 10.6 Å². The fourth-order valence-electron chi connectivity index (χ4n) is 5.28. The number of hydrogen-bond acceptors (Lipinski definition) is 5. The maximum absolute atomic E-state index is 8.00. The van der Waals surface area contributed by atoms with E-state index in [0.717, 1.165) is 46.5 Å². The molecule has 1 heterocycles. The van der Waals surface area contributed by atoms with E-state index in [2.05, 4.69) is 115 Å². The first-order valence-corrected chi connectivity index (χ1v) is 14.1. The van der Waals surface area contributed by atoms with Crippen molar-refractivity contribution < 1.29 is 14.3 Å². The number of ether oxygens (including phenoxy) is 2. The molecule has 5 heteroatoms. The molecule has 0 amide bonds. The minimum absolute atomic E-state index is 0.412. The molecule has 5 nitrogen and oxygen atoms in total. The highest BCUT2D eigenvalue weighted by Crippen LogP contribution is 2.50. The van der Waals surface area contributed by atoms with Crippen LogP contribution < -0.4 is 20.1 Å². The van der Waals surface area contributed by atoms with Gasteiger partial charge < -0.3 is 24.9 Å². The van der Waals surface area contributed by atoms with Gasteiger partial charge in [0.25, 0.3) is 0 Å². The molecular weight excluding hydrogens is 508 g/mol. The predicted molar refractivity (Wildman–Crippen MR) is 170 cm³/mol. The monoisotopic (exact) mass is 548 g/mol. The Labute approximate surface area is 243 Å². The molecule has 0 bridgehead atoms. The Morgan fingerprint density at radius 3 is 1.63 bits per heavy atom. The third-order valence-electron chi connectivity index (χ3n) is 7.40. The molecule has 5 aromatic rings. The molecule has 1 unspecified atom stereocenters. The van der Waals surface area contributed by atoms with Crippen LogP contribution in [0.2, 0.25) is 0 Å². The lowest BCUT2D eigenvalue weighted by molar-refractivity contribution is -0.0980. The first-order valence-electron chi connectivity index (χ1n) is 14.1. The number of fused-ring (bicyclic) bond motifs is 6. The Kier molecular flexibility index (Phi) is 10.5. The number of nitrogens with one attached hydrogen (secondary N) is 2. The Morgan fingerprint density at radius 1 is 0.634 bits per heavy atom. The smallest absolute Gasteiger partial charge is 0.193 e. The molecule has 41 heavy (non-hydrogen) atoms. The van der Waals surface area contributed by atoms with E-state index >= 15 is 0 Å². The molecule has 0 saturated heterocycles. The maximum atomic E-state index is 8.00. The van der Waals surface area contributed by atoms with Crippen LogP contribution in [0.25, 0.3) is 21.5 Å². The lowest BCUT2D eigenvalue weighted by atomic mass is 9.85. The largest absolute Gasteiger partial charge is 0.484 e. The zero-order chi connectivity index (χ0) is 29.1. The first-order chi connectivity index (χ1) is 20.2. The zero-order valence-corrected chi connectivity index (χ0v) is 24.3. The minimum atomic E-state index is -0.715. The Morgan fingerprint density at radius 2 is 1.10 bits per heavy atom. The molecule has 212 valence electrons. The van der Waals surface area contributed by atoms with Crippen LogP contribution >= 0.6 is 0 Å². The summed E-state index contributed by atoms with van der Waals surface area (Å²) in [5, 5.41) is 10.7. The van der Waals surface area contributed by atoms with Crippen LogP contribution in [0.1, 0.15) is 29.5 Å². The van der Waals surface area contributed by atoms with Crippen molar-refractivity contribution in [3.8, 4) is 11.5 Å². The summed E-state index contributed by atoms with van der Waals surface area (Å²) in [5.41, 5.74) is 2.68. The van der Waals surface area contributed by atoms with E-state index in [4.69, 9.17) is 14.3 Å². The number of unbranched alkanes of at least 4 members (excludes halogenated alkanes) is 1. The number of benzene rings is 5. The predicted octanol–water partition coefficient (Wildman–Crippen LogP) is 7.04. The third-order valence-corrected chi connectivity index (χ3v) is 7.40. The summed E-state index contributed by atoms with van der Waals surface area (Å²) in [6, 6.07) is 35.8. The van der Waals surface area contributed by atoms with Gasteiger partial charge in [-0.15, -0.1) is 0 Å². The number of rotatable bonds is 7. The van der Waals surface area contributed by atoms with Crippen molar-refractivity contribution >= 4 is 28.3 Å². The molecule has 0 aromatic heterocycles. The quantitative estimate of drug-likeness (QED) is 0.169. The minimum Gasteiger partial charge on any atom is -0.484 e. The SMILES string of the molecule is C=O.CNCCCCNC.Cc1ccc(C2(c3ccccc3)COc3c(c4ccccc4c4ccccc34)O2)cc1. The lowest BCUT2D eigenvalue weighted by Crippen LogP contribution is -2.43. The van der Waals surface area contributed by atoms with E-state index in [1.807, 2.05) is 27.0 Å². The number of carbonyl (C=O) groups is 1. The molecule has 0 radical (unpaired) electrons. The standard InChI is InChI=1S/C29H22O2.C6H16N2.CH2O/c1-20-15-17-22(18-16-20)29(21-9-3-2-4-10-21)19-30-27-25-13-7-5-11-23(25)24-12-6-8-14-26(24)28(27)31-29;1-7-5-3-4-6-8-2;1-2/h2-18H,19H2,1H3;7-8H,3-6H2,1-2H3;1H2. The topological polar surface area (TPSA) is 59.6 Å². The first kappa shape index (κ1) is 29.8. The summed E-state index contributed by atoms with van der Waals surface area (Å²) >= 11 is 0. The summed E-state index contributed by atoms with van der Waals surface area (Å²) in [6.45, 7) is 6.80. The van der Waals surface area contributed by atoms with Crippen molar-refractivity contribution in [2.75, 3.05) is 33.8 Å². The molecule has 1 atom stereocenters. The van der Waals surface area contributed by atoms with Crippen LogP contribution in [-0.2, 0) is 10.4 Å². The molecule has 2 N–H and O–H groups in total. The van der Waals surface area contributed by atoms with E-state index < -0.39 is 5.60 Å². The summed E-state index contributed by atoms with van der Waals surface area (Å²) in [7, 11) is 3.97. The van der Waals surface area contributed by atoms with Crippen LogP contribution in [0.15, 0.2) is 103 Å². The Hall–Kier alpha value is -4.19. The fourth-order valence-corrected chi connectivity index (χ4v) is 5.28. The molecular formula is C36H40N2O3. The van der Waals surface area contributed by atoms with E-state index in [-0.39, 0.29) is 0 Å². The summed E-state index contributed by atoms with van der Waals surface area (Å²) < 4.78 is 13.6. The van der Waals surface area contributed by atoms with Gasteiger partial charge in [0.1, 0.15) is 13.4 Å². The van der Waals surface area contributed by atoms with Gasteiger partial charge in [0.15, 0.2) is 17.1 Å². The van der Waals surface area contributed by atoms with Crippen molar-refractivity contribution in [2.24, 2.45) is 0 Å². The van der Waals surface area contributed by atoms with E-state index in [1.165, 1.54) is 29.2 Å². The van der Waals surface area contributed by atoms with Crippen molar-refractivity contribution in [2.45, 2.75) is 25.4 Å². The van der Waals surface area contributed by atoms with Gasteiger partial charge in [0.05, 0.1) is 0 Å². The normalized spacial score (nSPS) is 15.4. The molecule has 0 aliphatic carbocycles. The van der Waals surface area contributed by atoms with E-state index in [0.29, 0.717) is 6.61 Å². The lowest BCUT2D eigenvalue weighted by Gasteiger charge is -2.40. The molecule has 5 aromatic carbocycles. The molecule has 0 fully saturated rings. The van der Waals surface area contributed by atoms with Crippen LogP contribution in [-0.4, -0.2) is 40.6 Å². The Balaban J connectivity index is 0.000000338. The number of hydrogen-bond donors (Lipinski definition) is 2. The zero-order valence-electron chi connectivity index (χ0n) is 24.3. The van der Waals surface area contributed by atoms with Crippen molar-refractivity contribution in [3.63, 3.8) is 0 Å². The van der Waals surface area contributed by atoms with E-state index in [9.17, 15) is 0 Å². The fraction of sp³-hybridized carbons (Fsp3) is 0.250. The summed E-state index contributed by atoms with van der Waals surface area (Å²) in [5.74, 6) is 1.64. The molecule has 0 spiro atoms. The summed E-state index contributed by atoms with van der Waals surface area (Å²) in [6.07, 6.45) is 2.55. The van der Waals surface area contributed by atoms with Crippen molar-refractivity contribution in [3.05, 3.63) is 120 Å². The third kappa shape index (κ3) is 6.43. The van der Waals surface area contributed by atoms with Gasteiger partial charge in [-0.1, -0.05) is 109 Å². The highest BCUT2D eigenvalue weighted by molar-refractivity contribution is 6.13. The number of carbonyl (C=O) groups excluding carboxylic acids is 1. The second-order valence-corrected chi connectivity index (χ2v) is 10.1. The summed E-state index contributed by atoms with van der Waals surface area (Å²) in [4.78, 5) is 8.00. The van der Waals surface area contributed by atoms with Gasteiger partial charge in [0.2, 0.25) is 0 Å². The molecule has 1 aliphatic heterocycles. The van der Waals surface area contributed by atoms with Gasteiger partial charge in [-0.2, -0.15) is 0 Å². The van der Waals surface area contributed by atoms with Gasteiger partial charge >= 0.3 is 0 Å². The van der Waals surface area contributed by atoms with Crippen molar-refractivity contribution in [1.29, 1.82) is 0 Å². The van der Waals surface area contributed by atoms with Gasteiger partial charge in [-0.05, 0) is 57.7 Å². The Bertz CT molecular complexity index is 1530. The highest BCUT2D eigenvalue weighted by Gasteiger charge is 2.43. The van der Waals surface area contributed by atoms with E-state index in [1.54, 1.807) is 0 Å². The average molecular weight is 549 g/mol. The average Bonchev–Trinajstić information content (AvgIpc) is 3.05. The molecule has 6 rings (SSSR count). The molecule has 0 saturated carbocycles. The van der Waals surface area contributed by atoms with Gasteiger partial charge in [-0.25, -0.2) is 0 Å². The maximum Gasteiger partial charge on any atom is 0.193 e. The number of aryl methyl sites for hydroxylation is 1. The van der Waals surface area contributed by atoms with Crippen LogP contribution in [0.4, 0.5) is 0 Å². The second kappa shape index (κ2) is 14.4. The van der Waals surface area contributed by atoms with Crippen LogP contribution in [0.3, 0.4) is 0 Å². The second-order valence-electron chi connectivity index (χ2n) is 10.1. The van der Waals surface area contributed by atoms with Crippen LogP contribution in [0, 0.1) is 6.92 Å². The van der Waals surface area contributed by atoms with Gasteiger partial charge in [-0.3, -0.25) is 0 Å². The van der Waals surface area contributed by atoms with Gasteiger partial charge in [0, 0.05) is 21.9 Å². The highest BCUT2D eigenvalue weighted by atomic mass is 16.6. The molecule has 1 aliphatic rings. The van der Waals surface area contributed by atoms with Crippen LogP contribution in [0.5, 0.6) is 11.5 Å².